The number of carbonyl (C=O) groups excluding carboxylic acids is 2. The molecule has 2 unspecified atom stereocenters. The molecule has 1 aromatic carbocycles. The van der Waals surface area contributed by atoms with Crippen molar-refractivity contribution in [2.24, 2.45) is 5.41 Å². The molecule has 2 atom stereocenters. The third-order valence-corrected chi connectivity index (χ3v) is 5.41. The van der Waals surface area contributed by atoms with Crippen molar-refractivity contribution in [1.29, 1.82) is 0 Å². The first kappa shape index (κ1) is 16.6. The van der Waals surface area contributed by atoms with E-state index in [-0.39, 0.29) is 17.4 Å². The summed E-state index contributed by atoms with van der Waals surface area (Å²) in [5, 5.41) is 2.69. The molecular formula is C19H22N4O3. The van der Waals surface area contributed by atoms with Gasteiger partial charge in [-0.15, -0.1) is 0 Å². The summed E-state index contributed by atoms with van der Waals surface area (Å²) in [6.07, 6.45) is 6.03. The van der Waals surface area contributed by atoms with Gasteiger partial charge in [0.15, 0.2) is 0 Å². The molecular weight excluding hydrogens is 332 g/mol. The van der Waals surface area contributed by atoms with E-state index in [9.17, 15) is 9.59 Å². The van der Waals surface area contributed by atoms with Crippen molar-refractivity contribution in [3.05, 3.63) is 54.1 Å². The van der Waals surface area contributed by atoms with E-state index >= 15 is 0 Å². The second kappa shape index (κ2) is 6.48. The molecule has 2 N–H and O–H groups in total. The number of rotatable bonds is 4. The van der Waals surface area contributed by atoms with Crippen molar-refractivity contribution in [3.63, 3.8) is 0 Å². The molecule has 1 aliphatic heterocycles. The smallest absolute Gasteiger partial charge is 0.407 e. The van der Waals surface area contributed by atoms with Crippen molar-refractivity contribution in [2.75, 3.05) is 13.7 Å². The molecule has 2 fully saturated rings. The Morgan fingerprint density at radius 1 is 1.35 bits per heavy atom. The van der Waals surface area contributed by atoms with Crippen LogP contribution in [0, 0.1) is 5.41 Å². The van der Waals surface area contributed by atoms with Gasteiger partial charge in [0, 0.05) is 18.9 Å². The lowest BCUT2D eigenvalue weighted by Crippen LogP contribution is -2.43. The number of imidazole rings is 1. The number of hydrogen-bond acceptors (Lipinski definition) is 4. The van der Waals surface area contributed by atoms with Crippen LogP contribution in [0.1, 0.15) is 42.7 Å². The summed E-state index contributed by atoms with van der Waals surface area (Å²) in [5.74, 6) is 0.666. The number of benzene rings is 1. The molecule has 136 valence electrons. The Bertz CT molecular complexity index is 786. The average Bonchev–Trinajstić information content (AvgIpc) is 3.07. The number of H-pyrrole nitrogens is 1. The van der Waals surface area contributed by atoms with Crippen LogP contribution in [0.4, 0.5) is 4.79 Å². The van der Waals surface area contributed by atoms with Crippen molar-refractivity contribution in [3.8, 4) is 0 Å². The first-order valence-corrected chi connectivity index (χ1v) is 8.81. The van der Waals surface area contributed by atoms with Gasteiger partial charge in [0.1, 0.15) is 11.9 Å². The van der Waals surface area contributed by atoms with Crippen LogP contribution in [0.3, 0.4) is 0 Å². The number of carbonyl (C=O) groups is 2. The normalized spacial score (nSPS) is 21.4. The number of hydrogen-bond donors (Lipinski definition) is 2. The monoisotopic (exact) mass is 354 g/mol. The van der Waals surface area contributed by atoms with Gasteiger partial charge >= 0.3 is 6.09 Å². The SMILES string of the molecule is COC(=O)NC(C(=O)N1CC2(CC2)CC1c1ncc[nH]1)c1ccccc1. The molecule has 1 spiro atoms. The van der Waals surface area contributed by atoms with Crippen molar-refractivity contribution in [2.45, 2.75) is 31.3 Å². The van der Waals surface area contributed by atoms with Gasteiger partial charge in [-0.2, -0.15) is 0 Å². The van der Waals surface area contributed by atoms with Crippen LogP contribution in [-0.4, -0.2) is 40.5 Å². The summed E-state index contributed by atoms with van der Waals surface area (Å²) in [4.78, 5) is 34.7. The fourth-order valence-electron chi connectivity index (χ4n) is 3.81. The van der Waals surface area contributed by atoms with Crippen LogP contribution in [-0.2, 0) is 9.53 Å². The minimum Gasteiger partial charge on any atom is -0.453 e. The molecule has 1 aromatic heterocycles. The van der Waals surface area contributed by atoms with Crippen LogP contribution in [0.25, 0.3) is 0 Å². The summed E-state index contributed by atoms with van der Waals surface area (Å²) in [6, 6.07) is 8.38. The van der Waals surface area contributed by atoms with Crippen LogP contribution in [0.2, 0.25) is 0 Å². The molecule has 7 heteroatoms. The Kier molecular flexibility index (Phi) is 4.14. The Morgan fingerprint density at radius 2 is 2.12 bits per heavy atom. The molecule has 2 aliphatic rings. The molecule has 2 aromatic rings. The number of nitrogens with one attached hydrogen (secondary N) is 2. The Hall–Kier alpha value is -2.83. The summed E-state index contributed by atoms with van der Waals surface area (Å²) in [6.45, 7) is 0.698. The third kappa shape index (κ3) is 3.05. The molecule has 4 rings (SSSR count). The third-order valence-electron chi connectivity index (χ3n) is 5.41. The number of ether oxygens (including phenoxy) is 1. The molecule has 2 amide bonds. The Balaban J connectivity index is 1.64. The van der Waals surface area contributed by atoms with E-state index in [1.807, 2.05) is 35.2 Å². The number of aromatic nitrogens is 2. The quantitative estimate of drug-likeness (QED) is 0.883. The Morgan fingerprint density at radius 3 is 2.73 bits per heavy atom. The lowest BCUT2D eigenvalue weighted by molar-refractivity contribution is -0.134. The zero-order chi connectivity index (χ0) is 18.1. The lowest BCUT2D eigenvalue weighted by Gasteiger charge is -2.28. The van der Waals surface area contributed by atoms with E-state index < -0.39 is 12.1 Å². The molecule has 1 aliphatic carbocycles. The summed E-state index contributed by atoms with van der Waals surface area (Å²) < 4.78 is 4.73. The predicted octanol–water partition coefficient (Wildman–Crippen LogP) is 2.56. The first-order valence-electron chi connectivity index (χ1n) is 8.81. The molecule has 1 saturated heterocycles. The van der Waals surface area contributed by atoms with Crippen LogP contribution >= 0.6 is 0 Å². The molecule has 0 bridgehead atoms. The van der Waals surface area contributed by atoms with Gasteiger partial charge in [0.05, 0.1) is 13.2 Å². The van der Waals surface area contributed by atoms with E-state index in [0.29, 0.717) is 6.54 Å². The van der Waals surface area contributed by atoms with Crippen molar-refractivity contribution >= 4 is 12.0 Å². The van der Waals surface area contributed by atoms with E-state index in [2.05, 4.69) is 15.3 Å². The van der Waals surface area contributed by atoms with Gasteiger partial charge in [-0.1, -0.05) is 30.3 Å². The predicted molar refractivity (Wildman–Crippen MR) is 94.0 cm³/mol. The average molecular weight is 354 g/mol. The minimum atomic E-state index is -0.782. The minimum absolute atomic E-state index is 0.0920. The number of alkyl carbamates (subject to hydrolysis) is 1. The van der Waals surface area contributed by atoms with Crippen molar-refractivity contribution < 1.29 is 14.3 Å². The van der Waals surface area contributed by atoms with E-state index in [1.165, 1.54) is 7.11 Å². The van der Waals surface area contributed by atoms with Crippen molar-refractivity contribution in [1.82, 2.24) is 20.2 Å². The summed E-state index contributed by atoms with van der Waals surface area (Å²) in [5.41, 5.74) is 0.942. The highest BCUT2D eigenvalue weighted by molar-refractivity contribution is 5.87. The maximum atomic E-state index is 13.4. The number of nitrogens with zero attached hydrogens (tertiary/aromatic N) is 2. The number of amides is 2. The highest BCUT2D eigenvalue weighted by Gasteiger charge is 2.55. The van der Waals surface area contributed by atoms with E-state index in [1.54, 1.807) is 12.4 Å². The second-order valence-electron chi connectivity index (χ2n) is 7.14. The standard InChI is InChI=1S/C19H22N4O3/c1-26-18(25)22-15(13-5-3-2-4-6-13)17(24)23-12-19(7-8-19)11-14(23)16-20-9-10-21-16/h2-6,9-10,14-15H,7-8,11-12H2,1H3,(H,20,21)(H,22,25). The first-order chi connectivity index (χ1) is 12.6. The highest BCUT2D eigenvalue weighted by Crippen LogP contribution is 2.58. The zero-order valence-electron chi connectivity index (χ0n) is 14.6. The van der Waals surface area contributed by atoms with Gasteiger partial charge in [-0.25, -0.2) is 9.78 Å². The van der Waals surface area contributed by atoms with E-state index in [4.69, 9.17) is 4.74 Å². The summed E-state index contributed by atoms with van der Waals surface area (Å²) in [7, 11) is 1.29. The molecule has 7 nitrogen and oxygen atoms in total. The van der Waals surface area contributed by atoms with Crippen LogP contribution < -0.4 is 5.32 Å². The largest absolute Gasteiger partial charge is 0.453 e. The lowest BCUT2D eigenvalue weighted by atomic mass is 10.0. The molecule has 26 heavy (non-hydrogen) atoms. The number of aromatic amines is 1. The maximum Gasteiger partial charge on any atom is 0.407 e. The highest BCUT2D eigenvalue weighted by atomic mass is 16.5. The summed E-state index contributed by atoms with van der Waals surface area (Å²) >= 11 is 0. The van der Waals surface area contributed by atoms with Crippen LogP contribution in [0.5, 0.6) is 0 Å². The van der Waals surface area contributed by atoms with Gasteiger partial charge in [-0.3, -0.25) is 4.79 Å². The van der Waals surface area contributed by atoms with Gasteiger partial charge in [0.25, 0.3) is 5.91 Å². The topological polar surface area (TPSA) is 87.3 Å². The number of methoxy groups -OCH3 is 1. The van der Waals surface area contributed by atoms with E-state index in [0.717, 1.165) is 30.7 Å². The zero-order valence-corrected chi connectivity index (χ0v) is 14.6. The number of likely N-dealkylation sites (tertiary alicyclic amines) is 1. The van der Waals surface area contributed by atoms with Gasteiger partial charge < -0.3 is 19.9 Å². The molecule has 2 heterocycles. The fourth-order valence-corrected chi connectivity index (χ4v) is 3.81. The molecule has 0 radical (unpaired) electrons. The molecule has 1 saturated carbocycles. The maximum absolute atomic E-state index is 13.4. The van der Waals surface area contributed by atoms with Gasteiger partial charge in [-0.05, 0) is 30.2 Å². The second-order valence-corrected chi connectivity index (χ2v) is 7.14. The Labute approximate surface area is 151 Å². The van der Waals surface area contributed by atoms with Gasteiger partial charge in [0.2, 0.25) is 0 Å². The van der Waals surface area contributed by atoms with Crippen LogP contribution in [0.15, 0.2) is 42.7 Å². The fraction of sp³-hybridized carbons (Fsp3) is 0.421.